The number of aromatic amines is 1. The first-order valence-corrected chi connectivity index (χ1v) is 6.95. The molecule has 0 fully saturated rings. The number of nitrogens with zero attached hydrogens (tertiary/aromatic N) is 1. The van der Waals surface area contributed by atoms with Gasteiger partial charge in [-0.05, 0) is 54.6 Å². The summed E-state index contributed by atoms with van der Waals surface area (Å²) in [5.41, 5.74) is 0.392. The maximum Gasteiger partial charge on any atom is 0.346 e. The Morgan fingerprint density at radius 3 is 2.17 bits per heavy atom. The van der Waals surface area contributed by atoms with Gasteiger partial charge in [0.1, 0.15) is 17.3 Å². The van der Waals surface area contributed by atoms with Crippen LogP contribution in [-0.4, -0.2) is 15.9 Å². The fraction of sp³-hybridized carbons (Fsp3) is 0. The molecular formula is C17H11F2N3O2. The molecule has 0 aliphatic heterocycles. The fourth-order valence-corrected chi connectivity index (χ4v) is 2.08. The van der Waals surface area contributed by atoms with Gasteiger partial charge >= 0.3 is 5.69 Å². The quantitative estimate of drug-likeness (QED) is 0.776. The molecule has 3 aromatic rings. The molecule has 0 saturated carbocycles. The topological polar surface area (TPSA) is 74.8 Å². The van der Waals surface area contributed by atoms with Gasteiger partial charge in [0.15, 0.2) is 0 Å². The zero-order valence-electron chi connectivity index (χ0n) is 12.2. The Balaban J connectivity index is 1.90. The van der Waals surface area contributed by atoms with Gasteiger partial charge in [0.25, 0.3) is 5.91 Å². The third kappa shape index (κ3) is 3.52. The summed E-state index contributed by atoms with van der Waals surface area (Å²) in [5, 5.41) is 2.54. The number of benzene rings is 2. The normalized spacial score (nSPS) is 10.4. The third-order valence-corrected chi connectivity index (χ3v) is 3.23. The Morgan fingerprint density at radius 1 is 0.958 bits per heavy atom. The summed E-state index contributed by atoms with van der Waals surface area (Å²) in [6.07, 6.45) is 0. The first-order valence-electron chi connectivity index (χ1n) is 6.95. The lowest BCUT2D eigenvalue weighted by Gasteiger charge is -2.06. The van der Waals surface area contributed by atoms with Crippen LogP contribution in [0.1, 0.15) is 10.5 Å². The van der Waals surface area contributed by atoms with Gasteiger partial charge in [-0.15, -0.1) is 0 Å². The maximum atomic E-state index is 13.0. The standard InChI is InChI=1S/C17H11F2N3O2/c18-11-3-1-10(2-4-11)14-9-15(22-17(24)21-14)16(23)20-13-7-5-12(19)6-8-13/h1-9H,(H,20,23)(H,21,22,24). The summed E-state index contributed by atoms with van der Waals surface area (Å²) in [6, 6.07) is 12.0. The minimum atomic E-state index is -0.707. The van der Waals surface area contributed by atoms with Crippen LogP contribution in [0.2, 0.25) is 0 Å². The Labute approximate surface area is 135 Å². The summed E-state index contributed by atoms with van der Waals surface area (Å²) in [5.74, 6) is -1.42. The highest BCUT2D eigenvalue weighted by Crippen LogP contribution is 2.17. The summed E-state index contributed by atoms with van der Waals surface area (Å²) in [4.78, 5) is 30.0. The molecule has 3 rings (SSSR count). The molecule has 7 heteroatoms. The maximum absolute atomic E-state index is 13.0. The monoisotopic (exact) mass is 327 g/mol. The lowest BCUT2D eigenvalue weighted by atomic mass is 10.1. The highest BCUT2D eigenvalue weighted by Gasteiger charge is 2.11. The lowest BCUT2D eigenvalue weighted by Crippen LogP contribution is -2.21. The Bertz CT molecular complexity index is 935. The van der Waals surface area contributed by atoms with Crippen LogP contribution in [-0.2, 0) is 0 Å². The fourth-order valence-electron chi connectivity index (χ4n) is 2.08. The van der Waals surface area contributed by atoms with Crippen molar-refractivity contribution in [1.82, 2.24) is 9.97 Å². The number of nitrogens with one attached hydrogen (secondary N) is 2. The van der Waals surface area contributed by atoms with Gasteiger partial charge in [-0.1, -0.05) is 0 Å². The number of hydrogen-bond donors (Lipinski definition) is 2. The number of aromatic nitrogens is 2. The number of carbonyl (C=O) groups excluding carboxylic acids is 1. The van der Waals surface area contributed by atoms with E-state index in [-0.39, 0.29) is 11.4 Å². The van der Waals surface area contributed by atoms with Crippen LogP contribution in [0, 0.1) is 11.6 Å². The second-order valence-corrected chi connectivity index (χ2v) is 4.95. The van der Waals surface area contributed by atoms with Crippen LogP contribution in [0.4, 0.5) is 14.5 Å². The first kappa shape index (κ1) is 15.5. The summed E-state index contributed by atoms with van der Waals surface area (Å²) in [6.45, 7) is 0. The highest BCUT2D eigenvalue weighted by atomic mass is 19.1. The molecule has 0 radical (unpaired) electrons. The van der Waals surface area contributed by atoms with E-state index in [2.05, 4.69) is 15.3 Å². The summed E-state index contributed by atoms with van der Waals surface area (Å²) >= 11 is 0. The van der Waals surface area contributed by atoms with Crippen molar-refractivity contribution in [3.05, 3.63) is 82.4 Å². The third-order valence-electron chi connectivity index (χ3n) is 3.23. The predicted octanol–water partition coefficient (Wildman–Crippen LogP) is 2.97. The van der Waals surface area contributed by atoms with E-state index in [1.807, 2.05) is 0 Å². The molecule has 1 aromatic heterocycles. The van der Waals surface area contributed by atoms with E-state index in [9.17, 15) is 18.4 Å². The molecular weight excluding hydrogens is 316 g/mol. The average Bonchev–Trinajstić information content (AvgIpc) is 2.57. The molecule has 120 valence electrons. The summed E-state index contributed by atoms with van der Waals surface area (Å²) in [7, 11) is 0. The van der Waals surface area contributed by atoms with Gasteiger partial charge in [-0.3, -0.25) is 4.79 Å². The molecule has 0 unspecified atom stereocenters. The van der Waals surface area contributed by atoms with Crippen LogP contribution in [0.25, 0.3) is 11.3 Å². The molecule has 2 N–H and O–H groups in total. The predicted molar refractivity (Wildman–Crippen MR) is 84.6 cm³/mol. The van der Waals surface area contributed by atoms with Gasteiger partial charge in [0, 0.05) is 11.3 Å². The van der Waals surface area contributed by atoms with Gasteiger partial charge < -0.3 is 10.3 Å². The molecule has 0 bridgehead atoms. The second-order valence-electron chi connectivity index (χ2n) is 4.95. The molecule has 2 aromatic carbocycles. The molecule has 24 heavy (non-hydrogen) atoms. The number of hydrogen-bond acceptors (Lipinski definition) is 3. The van der Waals surface area contributed by atoms with E-state index in [0.717, 1.165) is 0 Å². The van der Waals surface area contributed by atoms with Crippen molar-refractivity contribution >= 4 is 11.6 Å². The van der Waals surface area contributed by atoms with Crippen LogP contribution in [0.3, 0.4) is 0 Å². The Kier molecular flexibility index (Phi) is 4.15. The van der Waals surface area contributed by atoms with Gasteiger partial charge in [-0.2, -0.15) is 4.98 Å². The van der Waals surface area contributed by atoms with Crippen molar-refractivity contribution in [1.29, 1.82) is 0 Å². The van der Waals surface area contributed by atoms with Crippen LogP contribution >= 0.6 is 0 Å². The molecule has 1 amide bonds. The first-order chi connectivity index (χ1) is 11.5. The van der Waals surface area contributed by atoms with E-state index in [1.54, 1.807) is 0 Å². The van der Waals surface area contributed by atoms with Crippen LogP contribution < -0.4 is 11.0 Å². The Hall–Kier alpha value is -3.35. The van der Waals surface area contributed by atoms with E-state index in [4.69, 9.17) is 0 Å². The number of H-pyrrole nitrogens is 1. The largest absolute Gasteiger partial charge is 0.346 e. The zero-order valence-corrected chi connectivity index (χ0v) is 12.2. The zero-order chi connectivity index (χ0) is 17.1. The molecule has 0 saturated heterocycles. The van der Waals surface area contributed by atoms with Gasteiger partial charge in [0.2, 0.25) is 0 Å². The van der Waals surface area contributed by atoms with Gasteiger partial charge in [0.05, 0.1) is 5.69 Å². The SMILES string of the molecule is O=C(Nc1ccc(F)cc1)c1cc(-c2ccc(F)cc2)nc(=O)[nH]1. The average molecular weight is 327 g/mol. The molecule has 0 atom stereocenters. The minimum Gasteiger partial charge on any atom is -0.321 e. The molecule has 5 nitrogen and oxygen atoms in total. The molecule has 0 aliphatic carbocycles. The second kappa shape index (κ2) is 6.41. The van der Waals surface area contributed by atoms with Crippen molar-refractivity contribution < 1.29 is 13.6 Å². The smallest absolute Gasteiger partial charge is 0.321 e. The van der Waals surface area contributed by atoms with Crippen LogP contribution in [0.5, 0.6) is 0 Å². The number of rotatable bonds is 3. The van der Waals surface area contributed by atoms with Crippen LogP contribution in [0.15, 0.2) is 59.4 Å². The Morgan fingerprint density at radius 2 is 1.54 bits per heavy atom. The molecule has 0 spiro atoms. The number of anilines is 1. The van der Waals surface area contributed by atoms with E-state index in [1.165, 1.54) is 54.6 Å². The van der Waals surface area contributed by atoms with Crippen molar-refractivity contribution in [3.63, 3.8) is 0 Å². The minimum absolute atomic E-state index is 0.0151. The van der Waals surface area contributed by atoms with E-state index < -0.39 is 23.2 Å². The highest BCUT2D eigenvalue weighted by molar-refractivity contribution is 6.03. The number of amides is 1. The molecule has 0 aliphatic rings. The molecule has 1 heterocycles. The lowest BCUT2D eigenvalue weighted by molar-refractivity contribution is 0.102. The number of carbonyl (C=O) groups is 1. The van der Waals surface area contributed by atoms with E-state index >= 15 is 0 Å². The van der Waals surface area contributed by atoms with Crippen molar-refractivity contribution in [3.8, 4) is 11.3 Å². The number of halogens is 2. The van der Waals surface area contributed by atoms with E-state index in [0.29, 0.717) is 11.3 Å². The summed E-state index contributed by atoms with van der Waals surface area (Å²) < 4.78 is 25.9. The van der Waals surface area contributed by atoms with Crippen molar-refractivity contribution in [2.45, 2.75) is 0 Å². The van der Waals surface area contributed by atoms with Crippen molar-refractivity contribution in [2.75, 3.05) is 5.32 Å². The van der Waals surface area contributed by atoms with Crippen molar-refractivity contribution in [2.24, 2.45) is 0 Å². The van der Waals surface area contributed by atoms with Gasteiger partial charge in [-0.25, -0.2) is 13.6 Å².